The summed E-state index contributed by atoms with van der Waals surface area (Å²) in [6, 6.07) is 7.97. The van der Waals surface area contributed by atoms with Crippen molar-refractivity contribution in [1.29, 1.82) is 0 Å². The monoisotopic (exact) mass is 474 g/mol. The van der Waals surface area contributed by atoms with Crippen LogP contribution in [0.5, 0.6) is 5.75 Å². The highest BCUT2D eigenvalue weighted by Crippen LogP contribution is 2.12. The number of benzene rings is 1. The van der Waals surface area contributed by atoms with Crippen LogP contribution in [0.15, 0.2) is 29.3 Å². The third-order valence-electron chi connectivity index (χ3n) is 4.65. The summed E-state index contributed by atoms with van der Waals surface area (Å²) >= 11 is 0. The van der Waals surface area contributed by atoms with Crippen LogP contribution in [-0.2, 0) is 6.42 Å². The number of hydrogen-bond acceptors (Lipinski definition) is 3. The summed E-state index contributed by atoms with van der Waals surface area (Å²) in [6.45, 7) is 9.02. The van der Waals surface area contributed by atoms with Gasteiger partial charge >= 0.3 is 0 Å². The van der Waals surface area contributed by atoms with E-state index in [2.05, 4.69) is 34.4 Å². The molecule has 1 fully saturated rings. The molecule has 6 heteroatoms. The molecule has 5 nitrogen and oxygen atoms in total. The molecule has 0 amide bonds. The molecule has 0 aliphatic carbocycles. The molecule has 0 unspecified atom stereocenters. The van der Waals surface area contributed by atoms with E-state index < -0.39 is 0 Å². The minimum Gasteiger partial charge on any atom is -0.508 e. The first-order chi connectivity index (χ1) is 12.1. The number of aliphatic imine (C=N–C) groups is 1. The Morgan fingerprint density at radius 1 is 1.23 bits per heavy atom. The third kappa shape index (κ3) is 8.58. The molecule has 0 radical (unpaired) electrons. The molecule has 0 bridgehead atoms. The second kappa shape index (κ2) is 12.4. The lowest BCUT2D eigenvalue weighted by Crippen LogP contribution is -2.49. The minimum absolute atomic E-state index is 0. The van der Waals surface area contributed by atoms with Crippen molar-refractivity contribution in [1.82, 2.24) is 15.5 Å². The maximum Gasteiger partial charge on any atom is 0.191 e. The van der Waals surface area contributed by atoms with Gasteiger partial charge in [0.05, 0.1) is 0 Å². The topological polar surface area (TPSA) is 59.9 Å². The van der Waals surface area contributed by atoms with Gasteiger partial charge in [-0.05, 0) is 49.3 Å². The van der Waals surface area contributed by atoms with Crippen molar-refractivity contribution in [2.24, 2.45) is 10.9 Å². The summed E-state index contributed by atoms with van der Waals surface area (Å²) in [5.74, 6) is 1.98. The Morgan fingerprint density at radius 2 is 1.88 bits per heavy atom. The molecule has 0 saturated carbocycles. The van der Waals surface area contributed by atoms with Gasteiger partial charge in [-0.15, -0.1) is 24.0 Å². The maximum absolute atomic E-state index is 9.31. The molecule has 0 aromatic heterocycles. The third-order valence-corrected chi connectivity index (χ3v) is 4.65. The zero-order valence-corrected chi connectivity index (χ0v) is 18.7. The second-order valence-electron chi connectivity index (χ2n) is 7.38. The van der Waals surface area contributed by atoms with Crippen molar-refractivity contribution >= 4 is 29.9 Å². The SMILES string of the molecule is CN=C(NCCCc1ccc(O)cc1)NC1CCN(CC(C)C)CC1.I. The van der Waals surface area contributed by atoms with Crippen LogP contribution in [0.1, 0.15) is 38.7 Å². The van der Waals surface area contributed by atoms with Crippen LogP contribution in [0, 0.1) is 5.92 Å². The van der Waals surface area contributed by atoms with Crippen LogP contribution in [0.3, 0.4) is 0 Å². The molecule has 26 heavy (non-hydrogen) atoms. The molecule has 3 N–H and O–H groups in total. The van der Waals surface area contributed by atoms with Gasteiger partial charge in [-0.2, -0.15) is 0 Å². The number of guanidine groups is 1. The van der Waals surface area contributed by atoms with E-state index in [1.807, 2.05) is 19.2 Å². The van der Waals surface area contributed by atoms with Gasteiger partial charge in [0.2, 0.25) is 0 Å². The molecule has 1 heterocycles. The number of aryl methyl sites for hydroxylation is 1. The summed E-state index contributed by atoms with van der Waals surface area (Å²) in [4.78, 5) is 6.92. The van der Waals surface area contributed by atoms with Crippen molar-refractivity contribution in [2.75, 3.05) is 33.2 Å². The highest BCUT2D eigenvalue weighted by atomic mass is 127. The number of halogens is 1. The highest BCUT2D eigenvalue weighted by Gasteiger charge is 2.20. The maximum atomic E-state index is 9.31. The van der Waals surface area contributed by atoms with Crippen molar-refractivity contribution < 1.29 is 5.11 Å². The summed E-state index contributed by atoms with van der Waals surface area (Å²) in [7, 11) is 1.84. The fourth-order valence-electron chi connectivity index (χ4n) is 3.33. The zero-order chi connectivity index (χ0) is 18.1. The number of nitrogens with zero attached hydrogens (tertiary/aromatic N) is 2. The standard InChI is InChI=1S/C20H34N4O.HI/c1-16(2)15-24-13-10-18(11-14-24)23-20(21-3)22-12-4-5-17-6-8-19(25)9-7-17;/h6-9,16,18,25H,4-5,10-15H2,1-3H3,(H2,21,22,23);1H. The van der Waals surface area contributed by atoms with Gasteiger partial charge in [0.25, 0.3) is 0 Å². The molecule has 1 saturated heterocycles. The predicted octanol–water partition coefficient (Wildman–Crippen LogP) is 3.23. The van der Waals surface area contributed by atoms with E-state index >= 15 is 0 Å². The van der Waals surface area contributed by atoms with Gasteiger partial charge in [-0.1, -0.05) is 26.0 Å². The van der Waals surface area contributed by atoms with Crippen molar-refractivity contribution in [3.8, 4) is 5.75 Å². The summed E-state index contributed by atoms with van der Waals surface area (Å²) in [6.07, 6.45) is 4.40. The number of phenols is 1. The highest BCUT2D eigenvalue weighted by molar-refractivity contribution is 14.0. The minimum atomic E-state index is 0. The Kier molecular flexibility index (Phi) is 11.0. The lowest BCUT2D eigenvalue weighted by molar-refractivity contribution is 0.187. The average molecular weight is 474 g/mol. The summed E-state index contributed by atoms with van der Waals surface area (Å²) in [5, 5.41) is 16.3. The first-order valence-electron chi connectivity index (χ1n) is 9.54. The van der Waals surface area contributed by atoms with E-state index in [1.54, 1.807) is 12.1 Å². The van der Waals surface area contributed by atoms with Gasteiger partial charge in [-0.25, -0.2) is 0 Å². The van der Waals surface area contributed by atoms with E-state index in [-0.39, 0.29) is 24.0 Å². The van der Waals surface area contributed by atoms with Gasteiger partial charge in [0, 0.05) is 39.3 Å². The molecule has 1 aliphatic heterocycles. The Balaban J connectivity index is 0.00000338. The van der Waals surface area contributed by atoms with E-state index in [0.717, 1.165) is 31.3 Å². The van der Waals surface area contributed by atoms with Gasteiger partial charge < -0.3 is 20.6 Å². The molecule has 0 spiro atoms. The largest absolute Gasteiger partial charge is 0.508 e. The summed E-state index contributed by atoms with van der Waals surface area (Å²) in [5.41, 5.74) is 1.25. The van der Waals surface area contributed by atoms with Gasteiger partial charge in [0.15, 0.2) is 5.96 Å². The van der Waals surface area contributed by atoms with Crippen molar-refractivity contribution in [3.05, 3.63) is 29.8 Å². The van der Waals surface area contributed by atoms with Crippen molar-refractivity contribution in [2.45, 2.75) is 45.6 Å². The number of nitrogens with one attached hydrogen (secondary N) is 2. The Bertz CT molecular complexity index is 525. The van der Waals surface area contributed by atoms with E-state index in [1.165, 1.54) is 38.0 Å². The molecule has 148 valence electrons. The van der Waals surface area contributed by atoms with Crippen molar-refractivity contribution in [3.63, 3.8) is 0 Å². The fraction of sp³-hybridized carbons (Fsp3) is 0.650. The van der Waals surface area contributed by atoms with Crippen LogP contribution in [-0.4, -0.2) is 55.2 Å². The molecule has 1 aliphatic rings. The fourth-order valence-corrected chi connectivity index (χ4v) is 3.33. The second-order valence-corrected chi connectivity index (χ2v) is 7.38. The van der Waals surface area contributed by atoms with E-state index in [0.29, 0.717) is 11.8 Å². The molecule has 1 aromatic carbocycles. The Labute approximate surface area is 175 Å². The molecule has 2 rings (SSSR count). The first-order valence-corrected chi connectivity index (χ1v) is 9.54. The van der Waals surface area contributed by atoms with Gasteiger partial charge in [-0.3, -0.25) is 4.99 Å². The number of rotatable bonds is 7. The predicted molar refractivity (Wildman–Crippen MR) is 121 cm³/mol. The van der Waals surface area contributed by atoms with Crippen LogP contribution >= 0.6 is 24.0 Å². The van der Waals surface area contributed by atoms with Crippen LogP contribution < -0.4 is 10.6 Å². The Hall–Kier alpha value is -1.02. The number of aromatic hydroxyl groups is 1. The molecule has 0 atom stereocenters. The number of piperidine rings is 1. The lowest BCUT2D eigenvalue weighted by atomic mass is 10.0. The van der Waals surface area contributed by atoms with E-state index in [4.69, 9.17) is 0 Å². The lowest BCUT2D eigenvalue weighted by Gasteiger charge is -2.34. The molecular formula is C20H35IN4O. The average Bonchev–Trinajstić information content (AvgIpc) is 2.60. The van der Waals surface area contributed by atoms with Crippen LogP contribution in [0.25, 0.3) is 0 Å². The number of hydrogen-bond donors (Lipinski definition) is 3. The Morgan fingerprint density at radius 3 is 2.46 bits per heavy atom. The summed E-state index contributed by atoms with van der Waals surface area (Å²) < 4.78 is 0. The number of phenolic OH excluding ortho intramolecular Hbond substituents is 1. The normalized spacial score (nSPS) is 16.4. The molecule has 1 aromatic rings. The quantitative estimate of drug-likeness (QED) is 0.246. The first kappa shape index (κ1) is 23.0. The smallest absolute Gasteiger partial charge is 0.191 e. The zero-order valence-electron chi connectivity index (χ0n) is 16.4. The number of likely N-dealkylation sites (tertiary alicyclic amines) is 1. The van der Waals surface area contributed by atoms with E-state index in [9.17, 15) is 5.11 Å². The van der Waals surface area contributed by atoms with Gasteiger partial charge in [0.1, 0.15) is 5.75 Å². The molecular weight excluding hydrogens is 439 g/mol. The van der Waals surface area contributed by atoms with Crippen LogP contribution in [0.4, 0.5) is 0 Å². The van der Waals surface area contributed by atoms with Crippen LogP contribution in [0.2, 0.25) is 0 Å².